The molecule has 19 heavy (non-hydrogen) atoms. The molecule has 9 heteroatoms. The van der Waals surface area contributed by atoms with E-state index in [0.29, 0.717) is 5.89 Å². The van der Waals surface area contributed by atoms with Gasteiger partial charge in [-0.05, 0) is 25.5 Å². The quantitative estimate of drug-likeness (QED) is 0.758. The molecule has 102 valence electrons. The predicted octanol–water partition coefficient (Wildman–Crippen LogP) is 0.623. The lowest BCUT2D eigenvalue weighted by atomic mass is 10.2. The molecule has 3 heterocycles. The van der Waals surface area contributed by atoms with Gasteiger partial charge in [0.2, 0.25) is 5.89 Å². The maximum absolute atomic E-state index is 11.9. The molecule has 3 rings (SSSR count). The summed E-state index contributed by atoms with van der Waals surface area (Å²) in [5.74, 6) is 0.407. The number of nitrogens with zero attached hydrogens (tertiary/aromatic N) is 2. The van der Waals surface area contributed by atoms with Crippen molar-refractivity contribution in [3.63, 3.8) is 0 Å². The van der Waals surface area contributed by atoms with Gasteiger partial charge in [-0.15, -0.1) is 5.10 Å². The number of aromatic nitrogens is 3. The molecule has 2 aromatic heterocycles. The Morgan fingerprint density at radius 1 is 1.42 bits per heavy atom. The molecule has 1 saturated heterocycles. The van der Waals surface area contributed by atoms with Gasteiger partial charge in [0, 0.05) is 12.4 Å². The van der Waals surface area contributed by atoms with Crippen LogP contribution >= 0.6 is 0 Å². The molecule has 0 saturated carbocycles. The van der Waals surface area contributed by atoms with E-state index in [9.17, 15) is 8.42 Å². The van der Waals surface area contributed by atoms with Crippen molar-refractivity contribution in [2.75, 3.05) is 11.3 Å². The number of nitrogens with one attached hydrogen (secondary N) is 3. The van der Waals surface area contributed by atoms with Gasteiger partial charge in [-0.1, -0.05) is 5.10 Å². The van der Waals surface area contributed by atoms with Gasteiger partial charge < -0.3 is 14.7 Å². The van der Waals surface area contributed by atoms with Gasteiger partial charge in [-0.25, -0.2) is 13.1 Å². The largest absolute Gasteiger partial charge is 0.406 e. The zero-order chi connectivity index (χ0) is 13.3. The second-order valence-corrected chi connectivity index (χ2v) is 5.93. The fraction of sp³-hybridized carbons (Fsp3) is 0.400. The zero-order valence-corrected chi connectivity index (χ0v) is 10.8. The third-order valence-electron chi connectivity index (χ3n) is 2.90. The summed E-state index contributed by atoms with van der Waals surface area (Å²) in [6.45, 7) is 0.900. The monoisotopic (exact) mass is 283 g/mol. The van der Waals surface area contributed by atoms with E-state index in [4.69, 9.17) is 4.42 Å². The smallest absolute Gasteiger partial charge is 0.329 e. The maximum atomic E-state index is 11.9. The molecule has 0 spiro atoms. The van der Waals surface area contributed by atoms with Crippen molar-refractivity contribution < 1.29 is 12.8 Å². The normalized spacial score (nSPS) is 19.7. The molecule has 8 nitrogen and oxygen atoms in total. The summed E-state index contributed by atoms with van der Waals surface area (Å²) in [6.07, 6.45) is 4.85. The Bertz CT molecular complexity index is 643. The molecule has 1 atom stereocenters. The highest BCUT2D eigenvalue weighted by Crippen LogP contribution is 2.23. The SMILES string of the molecule is O=S(=O)(Nc1nnc(C2CCCN2)o1)c1cc[nH]c1. The molecule has 1 unspecified atom stereocenters. The second kappa shape index (κ2) is 4.67. The summed E-state index contributed by atoms with van der Waals surface area (Å²) < 4.78 is 31.4. The Labute approximate surface area is 109 Å². The van der Waals surface area contributed by atoms with Crippen LogP contribution in [0.5, 0.6) is 0 Å². The van der Waals surface area contributed by atoms with Crippen LogP contribution in [0.3, 0.4) is 0 Å². The van der Waals surface area contributed by atoms with Crippen LogP contribution in [0, 0.1) is 0 Å². The van der Waals surface area contributed by atoms with Crippen LogP contribution in [0.1, 0.15) is 24.8 Å². The summed E-state index contributed by atoms with van der Waals surface area (Å²) in [5, 5.41) is 10.7. The highest BCUT2D eigenvalue weighted by atomic mass is 32.2. The minimum Gasteiger partial charge on any atom is -0.406 e. The summed E-state index contributed by atoms with van der Waals surface area (Å²) in [4.78, 5) is 2.79. The first-order chi connectivity index (χ1) is 9.15. The van der Waals surface area contributed by atoms with Crippen molar-refractivity contribution in [3.05, 3.63) is 24.4 Å². The number of rotatable bonds is 4. The number of H-pyrrole nitrogens is 1. The standard InChI is InChI=1S/C10H13N5O3S/c16-19(17,7-3-5-11-6-7)15-10-14-13-9(18-10)8-2-1-4-12-8/h3,5-6,8,11-12H,1-2,4H2,(H,14,15). The number of anilines is 1. The van der Waals surface area contributed by atoms with Gasteiger partial charge in [-0.2, -0.15) is 0 Å². The topological polar surface area (TPSA) is 113 Å². The van der Waals surface area contributed by atoms with E-state index in [1.807, 2.05) is 0 Å². The van der Waals surface area contributed by atoms with Gasteiger partial charge in [0.05, 0.1) is 6.04 Å². The van der Waals surface area contributed by atoms with Crippen LogP contribution in [0.4, 0.5) is 6.01 Å². The number of hydrogen-bond donors (Lipinski definition) is 3. The van der Waals surface area contributed by atoms with E-state index in [-0.39, 0.29) is 17.0 Å². The Morgan fingerprint density at radius 2 is 2.32 bits per heavy atom. The molecule has 1 aliphatic rings. The Morgan fingerprint density at radius 3 is 3.00 bits per heavy atom. The lowest BCUT2D eigenvalue weighted by molar-refractivity contribution is 0.439. The molecule has 0 amide bonds. The van der Waals surface area contributed by atoms with Gasteiger partial charge in [0.1, 0.15) is 4.90 Å². The van der Waals surface area contributed by atoms with Crippen LogP contribution in [0.2, 0.25) is 0 Å². The van der Waals surface area contributed by atoms with E-state index < -0.39 is 10.0 Å². The van der Waals surface area contributed by atoms with Crippen molar-refractivity contribution in [1.82, 2.24) is 20.5 Å². The first-order valence-corrected chi connectivity index (χ1v) is 7.36. The van der Waals surface area contributed by atoms with Crippen LogP contribution in [0.25, 0.3) is 0 Å². The molecule has 0 bridgehead atoms. The average Bonchev–Trinajstić information content (AvgIpc) is 3.11. The van der Waals surface area contributed by atoms with E-state index in [0.717, 1.165) is 19.4 Å². The fourth-order valence-electron chi connectivity index (χ4n) is 1.96. The van der Waals surface area contributed by atoms with E-state index in [2.05, 4.69) is 25.2 Å². The molecule has 1 aliphatic heterocycles. The molecule has 0 aromatic carbocycles. The molecular formula is C10H13N5O3S. The van der Waals surface area contributed by atoms with Crippen LogP contribution < -0.4 is 10.0 Å². The lowest BCUT2D eigenvalue weighted by Crippen LogP contribution is -2.13. The van der Waals surface area contributed by atoms with Crippen molar-refractivity contribution in [1.29, 1.82) is 0 Å². The van der Waals surface area contributed by atoms with E-state index >= 15 is 0 Å². The van der Waals surface area contributed by atoms with Gasteiger partial charge in [0.15, 0.2) is 0 Å². The highest BCUT2D eigenvalue weighted by Gasteiger charge is 2.24. The molecule has 1 fully saturated rings. The summed E-state index contributed by atoms with van der Waals surface area (Å²) in [6, 6.07) is 1.33. The summed E-state index contributed by atoms with van der Waals surface area (Å²) >= 11 is 0. The third kappa shape index (κ3) is 2.47. The van der Waals surface area contributed by atoms with Crippen molar-refractivity contribution in [3.8, 4) is 0 Å². The van der Waals surface area contributed by atoms with Gasteiger partial charge in [0.25, 0.3) is 10.0 Å². The molecule has 0 aliphatic carbocycles. The summed E-state index contributed by atoms with van der Waals surface area (Å²) in [7, 11) is -3.68. The van der Waals surface area contributed by atoms with Crippen molar-refractivity contribution in [2.45, 2.75) is 23.8 Å². The molecule has 2 aromatic rings. The molecular weight excluding hydrogens is 270 g/mol. The maximum Gasteiger partial charge on any atom is 0.329 e. The predicted molar refractivity (Wildman–Crippen MR) is 65.9 cm³/mol. The minimum atomic E-state index is -3.68. The summed E-state index contributed by atoms with van der Waals surface area (Å²) in [5.41, 5.74) is 0. The van der Waals surface area contributed by atoms with Crippen LogP contribution in [-0.4, -0.2) is 30.1 Å². The van der Waals surface area contributed by atoms with Crippen LogP contribution in [0.15, 0.2) is 27.8 Å². The lowest BCUT2D eigenvalue weighted by Gasteiger charge is -2.03. The first kappa shape index (κ1) is 12.2. The van der Waals surface area contributed by atoms with Gasteiger partial charge >= 0.3 is 6.01 Å². The molecule has 3 N–H and O–H groups in total. The van der Waals surface area contributed by atoms with Crippen molar-refractivity contribution in [2.24, 2.45) is 0 Å². The first-order valence-electron chi connectivity index (χ1n) is 5.87. The Kier molecular flexibility index (Phi) is 2.99. The number of sulfonamides is 1. The number of hydrogen-bond acceptors (Lipinski definition) is 6. The fourth-order valence-corrected chi connectivity index (χ4v) is 2.86. The van der Waals surface area contributed by atoms with Crippen LogP contribution in [-0.2, 0) is 10.0 Å². The Balaban J connectivity index is 1.77. The zero-order valence-electron chi connectivity index (χ0n) is 9.96. The Hall–Kier alpha value is -1.87. The van der Waals surface area contributed by atoms with Gasteiger partial charge in [-0.3, -0.25) is 0 Å². The number of aromatic amines is 1. The van der Waals surface area contributed by atoms with Crippen molar-refractivity contribution >= 4 is 16.0 Å². The second-order valence-electron chi connectivity index (χ2n) is 4.25. The minimum absolute atomic E-state index is 0.0120. The average molecular weight is 283 g/mol. The van der Waals surface area contributed by atoms with E-state index in [1.165, 1.54) is 18.5 Å². The molecule has 0 radical (unpaired) electrons. The van der Waals surface area contributed by atoms with E-state index in [1.54, 1.807) is 0 Å². The third-order valence-corrected chi connectivity index (χ3v) is 4.22. The highest BCUT2D eigenvalue weighted by molar-refractivity contribution is 7.92.